The van der Waals surface area contributed by atoms with Crippen LogP contribution in [-0.2, 0) is 6.42 Å². The number of hydrogen-bond donors (Lipinski definition) is 0. The molecule has 0 aliphatic carbocycles. The molecule has 0 radical (unpaired) electrons. The Hall–Kier alpha value is -0.780. The van der Waals surface area contributed by atoms with Gasteiger partial charge < -0.3 is 0 Å². The molecule has 1 rings (SSSR count). The van der Waals surface area contributed by atoms with Gasteiger partial charge in [-0.3, -0.25) is 0 Å². The zero-order valence-corrected chi connectivity index (χ0v) is 5.02. The average molecular weight is 108 g/mol. The predicted molar refractivity (Wildman–Crippen MR) is 35.8 cm³/mol. The molecule has 0 bridgehead atoms. The van der Waals surface area contributed by atoms with Gasteiger partial charge in [-0.2, -0.15) is 0 Å². The summed E-state index contributed by atoms with van der Waals surface area (Å²) < 4.78 is 7.37. The highest BCUT2D eigenvalue weighted by Gasteiger charge is 1.79. The summed E-state index contributed by atoms with van der Waals surface area (Å²) in [5.74, 6) is 0. The van der Waals surface area contributed by atoms with Crippen LogP contribution in [0.25, 0.3) is 0 Å². The van der Waals surface area contributed by atoms with Gasteiger partial charge in [-0.1, -0.05) is 37.2 Å². The molecular weight excluding hydrogens is 96.1 g/mol. The number of hydrogen-bond acceptors (Lipinski definition) is 0. The second-order valence-electron chi connectivity index (χ2n) is 1.74. The van der Waals surface area contributed by atoms with Crippen LogP contribution in [0, 0.1) is 0 Å². The summed E-state index contributed by atoms with van der Waals surface area (Å²) in [7, 11) is 0. The third-order valence-corrected chi connectivity index (χ3v) is 1.15. The fourth-order valence-corrected chi connectivity index (χ4v) is 0.650. The summed E-state index contributed by atoms with van der Waals surface area (Å²) in [6.07, 6.45) is 0.958. The van der Waals surface area contributed by atoms with E-state index in [2.05, 4.69) is 6.92 Å². The molecule has 1 aromatic carbocycles. The van der Waals surface area contributed by atoms with Crippen LogP contribution >= 0.6 is 0 Å². The van der Waals surface area contributed by atoms with E-state index < -0.39 is 0 Å². The predicted octanol–water partition coefficient (Wildman–Crippen LogP) is 2.25. The van der Waals surface area contributed by atoms with E-state index in [-0.39, 0.29) is 0 Å². The van der Waals surface area contributed by atoms with Crippen molar-refractivity contribution < 1.29 is 1.37 Å². The molecule has 0 saturated heterocycles. The number of aryl methyl sites for hydroxylation is 1. The maximum Gasteiger partial charge on any atom is 0.0626 e. The molecule has 0 spiro atoms. The van der Waals surface area contributed by atoms with Crippen LogP contribution in [0.1, 0.15) is 13.9 Å². The van der Waals surface area contributed by atoms with Crippen LogP contribution in [0.3, 0.4) is 0 Å². The van der Waals surface area contributed by atoms with Crippen molar-refractivity contribution in [2.24, 2.45) is 0 Å². The minimum Gasteiger partial charge on any atom is -0.0622 e. The highest BCUT2D eigenvalue weighted by atomic mass is 13.9. The lowest BCUT2D eigenvalue weighted by atomic mass is 10.2. The van der Waals surface area contributed by atoms with E-state index in [0.29, 0.717) is 6.04 Å². The van der Waals surface area contributed by atoms with Gasteiger partial charge in [-0.05, 0) is 12.0 Å². The first-order valence-corrected chi connectivity index (χ1v) is 2.89. The quantitative estimate of drug-likeness (QED) is 0.517. The average Bonchev–Trinajstić information content (AvgIpc) is 1.89. The third-order valence-electron chi connectivity index (χ3n) is 1.15. The lowest BCUT2D eigenvalue weighted by Gasteiger charge is -1.89. The maximum absolute atomic E-state index is 7.37. The molecule has 0 N–H and O–H groups in total. The van der Waals surface area contributed by atoms with Crippen molar-refractivity contribution >= 4 is 0 Å². The SMILES string of the molecule is [3H]c1ccccc1CC. The highest BCUT2D eigenvalue weighted by molar-refractivity contribution is 5.13. The van der Waals surface area contributed by atoms with Crippen molar-refractivity contribution in [2.45, 2.75) is 13.3 Å². The van der Waals surface area contributed by atoms with Crippen LogP contribution in [-0.4, -0.2) is 0 Å². The maximum atomic E-state index is 7.37. The molecule has 0 atom stereocenters. The van der Waals surface area contributed by atoms with E-state index >= 15 is 0 Å². The highest BCUT2D eigenvalue weighted by Crippen LogP contribution is 1.96. The summed E-state index contributed by atoms with van der Waals surface area (Å²) in [4.78, 5) is 0. The van der Waals surface area contributed by atoms with Crippen molar-refractivity contribution in [3.63, 3.8) is 0 Å². The largest absolute Gasteiger partial charge is 0.0626 e. The molecule has 42 valence electrons. The fraction of sp³-hybridized carbons (Fsp3) is 0.250. The Bertz CT molecular complexity index is 194. The smallest absolute Gasteiger partial charge is 0.0622 e. The minimum atomic E-state index is 0.653. The van der Waals surface area contributed by atoms with Gasteiger partial charge in [0.25, 0.3) is 0 Å². The van der Waals surface area contributed by atoms with Gasteiger partial charge >= 0.3 is 0 Å². The Kier molecular flexibility index (Phi) is 1.30. The van der Waals surface area contributed by atoms with Gasteiger partial charge in [0.05, 0.1) is 1.37 Å². The van der Waals surface area contributed by atoms with Crippen LogP contribution in [0.5, 0.6) is 0 Å². The normalized spacial score (nSPS) is 10.9. The lowest BCUT2D eigenvalue weighted by Crippen LogP contribution is -1.73. The molecule has 0 nitrogen and oxygen atoms in total. The summed E-state index contributed by atoms with van der Waals surface area (Å²) in [6, 6.07) is 8.32. The molecule has 0 amide bonds. The molecule has 0 heterocycles. The van der Waals surface area contributed by atoms with Crippen molar-refractivity contribution in [3.05, 3.63) is 35.9 Å². The topological polar surface area (TPSA) is 0 Å². The van der Waals surface area contributed by atoms with Crippen LogP contribution in [0.2, 0.25) is 0 Å². The van der Waals surface area contributed by atoms with Gasteiger partial charge in [0, 0.05) is 0 Å². The van der Waals surface area contributed by atoms with Gasteiger partial charge in [0.1, 0.15) is 0 Å². The molecule has 0 heteroatoms. The van der Waals surface area contributed by atoms with Crippen LogP contribution < -0.4 is 0 Å². The molecule has 8 heavy (non-hydrogen) atoms. The van der Waals surface area contributed by atoms with Crippen molar-refractivity contribution in [1.82, 2.24) is 0 Å². The Labute approximate surface area is 51.6 Å². The summed E-state index contributed by atoms with van der Waals surface area (Å²) in [5, 5.41) is 0. The van der Waals surface area contributed by atoms with Crippen molar-refractivity contribution in [2.75, 3.05) is 0 Å². The zero-order chi connectivity index (χ0) is 6.69. The van der Waals surface area contributed by atoms with E-state index in [4.69, 9.17) is 1.37 Å². The second kappa shape index (κ2) is 2.51. The molecule has 0 aromatic heterocycles. The van der Waals surface area contributed by atoms with Gasteiger partial charge in [-0.25, -0.2) is 0 Å². The van der Waals surface area contributed by atoms with Gasteiger partial charge in [0.15, 0.2) is 0 Å². The summed E-state index contributed by atoms with van der Waals surface area (Å²) in [5.41, 5.74) is 1.12. The van der Waals surface area contributed by atoms with Crippen molar-refractivity contribution in [1.29, 1.82) is 0 Å². The fourth-order valence-electron chi connectivity index (χ4n) is 0.650. The van der Waals surface area contributed by atoms with E-state index in [0.717, 1.165) is 12.0 Å². The van der Waals surface area contributed by atoms with E-state index in [9.17, 15) is 0 Å². The molecule has 1 aromatic rings. The van der Waals surface area contributed by atoms with Crippen LogP contribution in [0.15, 0.2) is 30.3 Å². The standard InChI is InChI=1S/C8H10/c1-2-8-6-4-3-5-7-8/h3-7H,2H2,1H3/i6T. The zero-order valence-electron chi connectivity index (χ0n) is 6.02. The number of benzene rings is 1. The van der Waals surface area contributed by atoms with Crippen LogP contribution in [0.4, 0.5) is 0 Å². The van der Waals surface area contributed by atoms with E-state index in [1.54, 1.807) is 0 Å². The Morgan fingerprint density at radius 1 is 1.50 bits per heavy atom. The molecule has 0 aliphatic heterocycles. The molecule has 0 unspecified atom stereocenters. The Balaban J connectivity index is 3.01. The Morgan fingerprint density at radius 3 is 2.88 bits per heavy atom. The molecule has 0 fully saturated rings. The van der Waals surface area contributed by atoms with Gasteiger partial charge in [0.2, 0.25) is 0 Å². The monoisotopic (exact) mass is 108 g/mol. The van der Waals surface area contributed by atoms with E-state index in [1.807, 2.05) is 24.3 Å². The minimum absolute atomic E-state index is 0.653. The lowest BCUT2D eigenvalue weighted by molar-refractivity contribution is 1.14. The molecule has 0 aliphatic rings. The van der Waals surface area contributed by atoms with Crippen molar-refractivity contribution in [3.8, 4) is 0 Å². The van der Waals surface area contributed by atoms with E-state index in [1.165, 1.54) is 0 Å². The first-order chi connectivity index (χ1) is 4.34. The first kappa shape index (κ1) is 4.13. The molecule has 0 saturated carbocycles. The Morgan fingerprint density at radius 2 is 2.38 bits per heavy atom. The summed E-state index contributed by atoms with van der Waals surface area (Å²) in [6.45, 7) is 2.06. The third kappa shape index (κ3) is 1.09. The molecular formula is C8H10. The second-order valence-corrected chi connectivity index (χ2v) is 1.74. The van der Waals surface area contributed by atoms with Gasteiger partial charge in [-0.15, -0.1) is 0 Å². The summed E-state index contributed by atoms with van der Waals surface area (Å²) >= 11 is 0. The first-order valence-electron chi connectivity index (χ1n) is 3.39. The number of rotatable bonds is 1.